The fraction of sp³-hybridized carbons (Fsp3) is 0.400. The number of benzene rings is 1. The molecule has 13 nitrogen and oxygen atoms in total. The number of fused-ring (bicyclic) bond motifs is 1. The number of aliphatic carboxylic acids is 1. The van der Waals surface area contributed by atoms with Crippen LogP contribution in [0, 0.1) is 0 Å². The maximum atomic E-state index is 10.6. The zero-order chi connectivity index (χ0) is 23.5. The lowest BCUT2D eigenvalue weighted by Crippen LogP contribution is -2.33. The number of aromatic nitrogens is 4. The summed E-state index contributed by atoms with van der Waals surface area (Å²) in [4.78, 5) is 23.4. The van der Waals surface area contributed by atoms with Crippen LogP contribution in [-0.4, -0.2) is 84.0 Å². The molecule has 14 heteroatoms. The van der Waals surface area contributed by atoms with Crippen LogP contribution in [0.1, 0.15) is 11.8 Å². The first-order valence-corrected chi connectivity index (χ1v) is 10.2. The van der Waals surface area contributed by atoms with Gasteiger partial charge in [0.2, 0.25) is 5.95 Å². The number of imidazole rings is 1. The molecule has 2 unspecified atom stereocenters. The number of carboxylic acids is 1. The summed E-state index contributed by atoms with van der Waals surface area (Å²) in [5, 5.41) is 41.4. The molecule has 34 heavy (non-hydrogen) atoms. The van der Waals surface area contributed by atoms with Crippen molar-refractivity contribution in [3.8, 4) is 5.75 Å². The number of nitrogens with zero attached hydrogens (tertiary/aromatic N) is 4. The number of anilines is 2. The van der Waals surface area contributed by atoms with Crippen LogP contribution in [0.15, 0.2) is 30.6 Å². The van der Waals surface area contributed by atoms with Gasteiger partial charge in [0, 0.05) is 6.54 Å². The zero-order valence-corrected chi connectivity index (χ0v) is 18.6. The van der Waals surface area contributed by atoms with E-state index in [1.165, 1.54) is 10.9 Å². The van der Waals surface area contributed by atoms with Crippen LogP contribution in [0.5, 0.6) is 5.75 Å². The maximum absolute atomic E-state index is 10.6. The number of halogens is 1. The molecule has 0 saturated carbocycles. The van der Waals surface area contributed by atoms with Gasteiger partial charge in [0.1, 0.15) is 29.6 Å². The molecule has 1 aromatic carbocycles. The number of rotatable bonds is 9. The molecule has 0 spiro atoms. The maximum Gasteiger partial charge on any atom is 0.341 e. The number of nitrogen functional groups attached to an aromatic ring is 1. The highest BCUT2D eigenvalue weighted by atomic mass is 35.5. The molecule has 2 aromatic heterocycles. The first kappa shape index (κ1) is 25.4. The van der Waals surface area contributed by atoms with Crippen LogP contribution < -0.4 is 15.8 Å². The standard InChI is InChI=1S/C20H24N6O7.ClH/c21-17-14-18(26(9-23-14)19-16(31)15(30)12(7-27)33-19)25-20(24-17)22-6-5-10-1-3-11(4-2-10)32-8-13(28)29;/h1-4,9,12,15-16,19,27,30-31H,5-8H2,(H,28,29)(H3,21,22,24,25);1H/t12-,15?,16?,19-;/m1./s1. The number of carbonyl (C=O) groups is 1. The van der Waals surface area contributed by atoms with Gasteiger partial charge in [0.05, 0.1) is 12.9 Å². The summed E-state index contributed by atoms with van der Waals surface area (Å²) < 4.78 is 12.1. The van der Waals surface area contributed by atoms with E-state index in [4.69, 9.17) is 20.3 Å². The van der Waals surface area contributed by atoms with Gasteiger partial charge in [-0.1, -0.05) is 12.1 Å². The van der Waals surface area contributed by atoms with Crippen LogP contribution in [0.2, 0.25) is 0 Å². The number of aliphatic hydroxyl groups is 3. The Labute approximate surface area is 199 Å². The number of nitrogens with two attached hydrogens (primary N) is 1. The molecular formula is C20H25ClN6O7. The van der Waals surface area contributed by atoms with Crippen molar-refractivity contribution in [2.45, 2.75) is 31.0 Å². The number of aliphatic hydroxyl groups excluding tert-OH is 3. The molecule has 0 bridgehead atoms. The molecule has 0 amide bonds. The highest BCUT2D eigenvalue weighted by Gasteiger charge is 2.44. The molecule has 0 radical (unpaired) electrons. The number of ether oxygens (including phenoxy) is 2. The third kappa shape index (κ3) is 5.29. The van der Waals surface area contributed by atoms with Crippen LogP contribution in [-0.2, 0) is 16.0 Å². The molecule has 1 fully saturated rings. The van der Waals surface area contributed by atoms with E-state index >= 15 is 0 Å². The van der Waals surface area contributed by atoms with Crippen molar-refractivity contribution < 1.29 is 34.7 Å². The van der Waals surface area contributed by atoms with Gasteiger partial charge in [0.25, 0.3) is 0 Å². The minimum atomic E-state index is -1.28. The second kappa shape index (κ2) is 10.8. The van der Waals surface area contributed by atoms with E-state index in [2.05, 4.69) is 20.3 Å². The highest BCUT2D eigenvalue weighted by molar-refractivity contribution is 5.85. The molecule has 1 aliphatic heterocycles. The van der Waals surface area contributed by atoms with Crippen LogP contribution in [0.25, 0.3) is 11.2 Å². The largest absolute Gasteiger partial charge is 0.482 e. The third-order valence-electron chi connectivity index (χ3n) is 5.22. The average Bonchev–Trinajstić information content (AvgIpc) is 3.34. The first-order chi connectivity index (χ1) is 15.9. The Balaban J connectivity index is 0.00000324. The summed E-state index contributed by atoms with van der Waals surface area (Å²) in [7, 11) is 0. The lowest BCUT2D eigenvalue weighted by Gasteiger charge is -2.16. The summed E-state index contributed by atoms with van der Waals surface area (Å²) >= 11 is 0. The van der Waals surface area contributed by atoms with Gasteiger partial charge in [-0.25, -0.2) is 9.78 Å². The van der Waals surface area contributed by atoms with Crippen LogP contribution in [0.4, 0.5) is 11.8 Å². The monoisotopic (exact) mass is 496 g/mol. The van der Waals surface area contributed by atoms with Crippen molar-refractivity contribution in [1.29, 1.82) is 0 Å². The summed E-state index contributed by atoms with van der Waals surface area (Å²) in [5.41, 5.74) is 7.62. The quantitative estimate of drug-likeness (QED) is 0.223. The average molecular weight is 497 g/mol. The fourth-order valence-electron chi connectivity index (χ4n) is 3.53. The van der Waals surface area contributed by atoms with Gasteiger partial charge in [-0.15, -0.1) is 12.4 Å². The summed E-state index contributed by atoms with van der Waals surface area (Å²) in [6, 6.07) is 7.04. The van der Waals surface area contributed by atoms with Crippen molar-refractivity contribution >= 4 is 41.3 Å². The molecule has 4 rings (SSSR count). The molecule has 3 aromatic rings. The van der Waals surface area contributed by atoms with Gasteiger partial charge in [-0.3, -0.25) is 4.57 Å². The molecule has 4 atom stereocenters. The lowest BCUT2D eigenvalue weighted by atomic mass is 10.1. The molecule has 7 N–H and O–H groups in total. The van der Waals surface area contributed by atoms with E-state index in [1.807, 2.05) is 12.1 Å². The third-order valence-corrected chi connectivity index (χ3v) is 5.22. The predicted octanol–water partition coefficient (Wildman–Crippen LogP) is -0.440. The predicted molar refractivity (Wildman–Crippen MR) is 122 cm³/mol. The molecule has 184 valence electrons. The molecule has 0 aliphatic carbocycles. The van der Waals surface area contributed by atoms with Crippen molar-refractivity contribution in [3.63, 3.8) is 0 Å². The van der Waals surface area contributed by atoms with Gasteiger partial charge in [-0.2, -0.15) is 9.97 Å². The van der Waals surface area contributed by atoms with E-state index in [0.29, 0.717) is 29.9 Å². The van der Waals surface area contributed by atoms with Gasteiger partial charge >= 0.3 is 5.97 Å². The molecule has 1 saturated heterocycles. The topological polar surface area (TPSA) is 198 Å². The Kier molecular flexibility index (Phi) is 8.06. The number of carboxylic acid groups (broad SMARTS) is 1. The highest BCUT2D eigenvalue weighted by Crippen LogP contribution is 2.32. The number of hydrogen-bond donors (Lipinski definition) is 6. The van der Waals surface area contributed by atoms with E-state index in [0.717, 1.165) is 5.56 Å². The lowest BCUT2D eigenvalue weighted by molar-refractivity contribution is -0.139. The second-order valence-electron chi connectivity index (χ2n) is 7.49. The summed E-state index contributed by atoms with van der Waals surface area (Å²) in [5.74, 6) is -0.198. The minimum absolute atomic E-state index is 0. The normalized spacial score (nSPS) is 21.9. The molecule has 3 heterocycles. The van der Waals surface area contributed by atoms with E-state index in [9.17, 15) is 20.1 Å². The molecule has 1 aliphatic rings. The Morgan fingerprint density at radius 2 is 1.94 bits per heavy atom. The first-order valence-electron chi connectivity index (χ1n) is 10.2. The van der Waals surface area contributed by atoms with Gasteiger partial charge in [-0.05, 0) is 24.1 Å². The Morgan fingerprint density at radius 3 is 2.59 bits per heavy atom. The van der Waals surface area contributed by atoms with Crippen molar-refractivity contribution in [2.24, 2.45) is 0 Å². The Morgan fingerprint density at radius 1 is 1.21 bits per heavy atom. The van der Waals surface area contributed by atoms with Crippen LogP contribution >= 0.6 is 12.4 Å². The Hall–Kier alpha value is -3.23. The van der Waals surface area contributed by atoms with Crippen molar-refractivity contribution in [1.82, 2.24) is 19.5 Å². The summed E-state index contributed by atoms with van der Waals surface area (Å²) in [6.45, 7) is -0.374. The van der Waals surface area contributed by atoms with E-state index < -0.39 is 43.7 Å². The fourth-order valence-corrected chi connectivity index (χ4v) is 3.53. The number of hydrogen-bond acceptors (Lipinski definition) is 11. The number of nitrogens with one attached hydrogen (secondary N) is 1. The summed E-state index contributed by atoms with van der Waals surface area (Å²) in [6.07, 6.45) is -2.46. The van der Waals surface area contributed by atoms with Crippen LogP contribution in [0.3, 0.4) is 0 Å². The molecular weight excluding hydrogens is 472 g/mol. The van der Waals surface area contributed by atoms with Crippen molar-refractivity contribution in [2.75, 3.05) is 30.8 Å². The second-order valence-corrected chi connectivity index (χ2v) is 7.49. The zero-order valence-electron chi connectivity index (χ0n) is 17.8. The van der Waals surface area contributed by atoms with E-state index in [1.54, 1.807) is 12.1 Å². The van der Waals surface area contributed by atoms with Crippen molar-refractivity contribution in [3.05, 3.63) is 36.2 Å². The van der Waals surface area contributed by atoms with Gasteiger partial charge < -0.3 is 41.0 Å². The van der Waals surface area contributed by atoms with E-state index in [-0.39, 0.29) is 24.2 Å². The Bertz CT molecular complexity index is 1130. The van der Waals surface area contributed by atoms with Gasteiger partial charge in [0.15, 0.2) is 24.3 Å². The smallest absolute Gasteiger partial charge is 0.341 e. The SMILES string of the molecule is Cl.Nc1nc(NCCc2ccc(OCC(=O)O)cc2)nc2c1ncn2[C@@H]1O[C@H](CO)C(O)C1O. The minimum Gasteiger partial charge on any atom is -0.482 e.